The van der Waals surface area contributed by atoms with Crippen LogP contribution in [0.4, 0.5) is 5.69 Å². The summed E-state index contributed by atoms with van der Waals surface area (Å²) in [6.45, 7) is 0. The number of nitrogens with zero attached hydrogens (tertiary/aromatic N) is 1. The maximum absolute atomic E-state index is 10.6. The Bertz CT molecular complexity index is 473. The first-order valence-electron chi connectivity index (χ1n) is 4.59. The quantitative estimate of drug-likeness (QED) is 0.772. The van der Waals surface area contributed by atoms with Crippen molar-refractivity contribution in [3.63, 3.8) is 0 Å². The van der Waals surface area contributed by atoms with E-state index >= 15 is 0 Å². The van der Waals surface area contributed by atoms with Gasteiger partial charge in [-0.3, -0.25) is 4.79 Å². The molecule has 0 saturated carbocycles. The van der Waals surface area contributed by atoms with Crippen molar-refractivity contribution >= 4 is 23.1 Å². The average Bonchev–Trinajstić information content (AvgIpc) is 2.62. The summed E-state index contributed by atoms with van der Waals surface area (Å²) < 4.78 is 0. The molecule has 1 atom stereocenters. The van der Waals surface area contributed by atoms with Gasteiger partial charge in [-0.05, 0) is 11.9 Å². The summed E-state index contributed by atoms with van der Waals surface area (Å²) in [5, 5.41) is 8.69. The average molecular weight is 202 g/mol. The van der Waals surface area contributed by atoms with E-state index in [9.17, 15) is 4.79 Å². The highest BCUT2D eigenvalue weighted by Crippen LogP contribution is 2.30. The first-order valence-corrected chi connectivity index (χ1v) is 4.59. The Hall–Kier alpha value is -1.90. The second-order valence-electron chi connectivity index (χ2n) is 3.37. The highest BCUT2D eigenvalue weighted by molar-refractivity contribution is 6.00. The number of para-hydroxylation sites is 1. The van der Waals surface area contributed by atoms with Crippen molar-refractivity contribution in [1.82, 2.24) is 0 Å². The zero-order valence-corrected chi connectivity index (χ0v) is 7.97. The Kier molecular flexibility index (Phi) is 2.37. The molecule has 0 radical (unpaired) electrons. The van der Waals surface area contributed by atoms with E-state index < -0.39 is 12.0 Å². The number of fused-ring (bicyclic) bond motifs is 1. The molecule has 3 N–H and O–H groups in total. The van der Waals surface area contributed by atoms with Crippen LogP contribution in [-0.2, 0) is 4.79 Å². The number of nitrogens with two attached hydrogens (primary N) is 1. The summed E-state index contributed by atoms with van der Waals surface area (Å²) in [4.78, 5) is 14.7. The van der Waals surface area contributed by atoms with E-state index in [1.807, 2.05) is 24.3 Å². The van der Waals surface area contributed by atoms with Crippen LogP contribution < -0.4 is 5.73 Å². The summed E-state index contributed by atoms with van der Waals surface area (Å²) >= 11 is 0. The first-order chi connectivity index (χ1) is 7.18. The fourth-order valence-corrected chi connectivity index (χ4v) is 1.48. The number of benzene rings is 1. The van der Waals surface area contributed by atoms with Gasteiger partial charge in [-0.1, -0.05) is 18.2 Å². The van der Waals surface area contributed by atoms with Crippen LogP contribution in [0.25, 0.3) is 5.57 Å². The molecular formula is C11H10N2O2. The van der Waals surface area contributed by atoms with Gasteiger partial charge < -0.3 is 10.8 Å². The van der Waals surface area contributed by atoms with Gasteiger partial charge in [0, 0.05) is 17.6 Å². The van der Waals surface area contributed by atoms with Gasteiger partial charge in [-0.25, -0.2) is 4.99 Å². The highest BCUT2D eigenvalue weighted by atomic mass is 16.4. The number of hydrogen-bond acceptors (Lipinski definition) is 3. The van der Waals surface area contributed by atoms with Crippen molar-refractivity contribution in [3.8, 4) is 0 Å². The molecule has 0 bridgehead atoms. The number of carboxylic acid groups (broad SMARTS) is 1. The molecule has 0 saturated heterocycles. The monoisotopic (exact) mass is 202 g/mol. The molecule has 1 heterocycles. The van der Waals surface area contributed by atoms with Crippen molar-refractivity contribution in [3.05, 3.63) is 29.8 Å². The number of carboxylic acids is 1. The van der Waals surface area contributed by atoms with E-state index in [0.717, 1.165) is 16.8 Å². The van der Waals surface area contributed by atoms with Gasteiger partial charge in [0.05, 0.1) is 5.69 Å². The van der Waals surface area contributed by atoms with Crippen molar-refractivity contribution in [2.24, 2.45) is 10.7 Å². The fraction of sp³-hybridized carbons (Fsp3) is 0.182. The predicted octanol–water partition coefficient (Wildman–Crippen LogP) is 1.19. The Morgan fingerprint density at radius 3 is 3.00 bits per heavy atom. The number of aliphatic imine (C=N–C) groups is 1. The van der Waals surface area contributed by atoms with Crippen molar-refractivity contribution in [1.29, 1.82) is 0 Å². The summed E-state index contributed by atoms with van der Waals surface area (Å²) in [5.41, 5.74) is 7.97. The van der Waals surface area contributed by atoms with E-state index in [1.54, 1.807) is 0 Å². The Morgan fingerprint density at radius 2 is 2.27 bits per heavy atom. The number of aliphatic carboxylic acids is 1. The molecule has 76 valence electrons. The summed E-state index contributed by atoms with van der Waals surface area (Å²) in [6.07, 6.45) is 0.260. The lowest BCUT2D eigenvalue weighted by Gasteiger charge is -2.06. The third-order valence-corrected chi connectivity index (χ3v) is 2.28. The number of carbonyl (C=O) groups is 1. The molecule has 1 unspecified atom stereocenters. The minimum absolute atomic E-state index is 0.260. The van der Waals surface area contributed by atoms with Crippen LogP contribution in [-0.4, -0.2) is 23.0 Å². The van der Waals surface area contributed by atoms with E-state index in [-0.39, 0.29) is 6.42 Å². The molecule has 1 aliphatic heterocycles. The molecule has 0 fully saturated rings. The molecule has 0 aromatic heterocycles. The van der Waals surface area contributed by atoms with Crippen molar-refractivity contribution < 1.29 is 9.90 Å². The second kappa shape index (κ2) is 3.69. The van der Waals surface area contributed by atoms with Gasteiger partial charge in [0.25, 0.3) is 0 Å². The van der Waals surface area contributed by atoms with Gasteiger partial charge in [-0.15, -0.1) is 0 Å². The molecular weight excluding hydrogens is 192 g/mol. The van der Waals surface area contributed by atoms with Crippen molar-refractivity contribution in [2.75, 3.05) is 0 Å². The molecule has 1 aromatic carbocycles. The fourth-order valence-electron chi connectivity index (χ4n) is 1.48. The van der Waals surface area contributed by atoms with Crippen LogP contribution in [0, 0.1) is 0 Å². The smallest absolute Gasteiger partial charge is 0.320 e. The summed E-state index contributed by atoms with van der Waals surface area (Å²) in [5.74, 6) is 1.80. The third-order valence-electron chi connectivity index (χ3n) is 2.28. The van der Waals surface area contributed by atoms with E-state index in [0.29, 0.717) is 0 Å². The lowest BCUT2D eigenvalue weighted by Crippen LogP contribution is -2.30. The molecule has 1 aromatic rings. The molecule has 4 nitrogen and oxygen atoms in total. The maximum Gasteiger partial charge on any atom is 0.320 e. The Morgan fingerprint density at radius 1 is 1.53 bits per heavy atom. The molecule has 0 spiro atoms. The van der Waals surface area contributed by atoms with Crippen LogP contribution >= 0.6 is 0 Å². The van der Waals surface area contributed by atoms with Crippen LogP contribution in [0.1, 0.15) is 12.0 Å². The SMILES string of the molecule is NC(CC1=C=Nc2ccccc21)C(=O)O. The van der Waals surface area contributed by atoms with Crippen LogP contribution in [0.5, 0.6) is 0 Å². The maximum atomic E-state index is 10.6. The standard InChI is InChI=1S/C11H10N2O2/c12-9(11(14)15)5-7-6-13-10-4-2-1-3-8(7)10/h1-4,9H,5,12H2,(H,14,15). The lowest BCUT2D eigenvalue weighted by molar-refractivity contribution is -0.138. The number of hydrogen-bond donors (Lipinski definition) is 2. The van der Waals surface area contributed by atoms with Gasteiger partial charge in [-0.2, -0.15) is 0 Å². The normalized spacial score (nSPS) is 14.6. The van der Waals surface area contributed by atoms with Crippen LogP contribution in [0.15, 0.2) is 29.3 Å². The van der Waals surface area contributed by atoms with Crippen molar-refractivity contribution in [2.45, 2.75) is 12.5 Å². The molecule has 0 aliphatic carbocycles. The lowest BCUT2D eigenvalue weighted by atomic mass is 10.0. The topological polar surface area (TPSA) is 75.7 Å². The van der Waals surface area contributed by atoms with Gasteiger partial charge in [0.15, 0.2) is 0 Å². The van der Waals surface area contributed by atoms with Crippen LogP contribution in [0.2, 0.25) is 0 Å². The number of rotatable bonds is 3. The minimum Gasteiger partial charge on any atom is -0.480 e. The Labute approximate surface area is 86.8 Å². The first kappa shape index (κ1) is 9.65. The summed E-state index contributed by atoms with van der Waals surface area (Å²) in [7, 11) is 0. The molecule has 1 aliphatic rings. The van der Waals surface area contributed by atoms with Crippen LogP contribution in [0.3, 0.4) is 0 Å². The van der Waals surface area contributed by atoms with Gasteiger partial charge in [0.1, 0.15) is 6.04 Å². The van der Waals surface area contributed by atoms with E-state index in [1.165, 1.54) is 0 Å². The third kappa shape index (κ3) is 1.81. The molecule has 4 heteroatoms. The van der Waals surface area contributed by atoms with Gasteiger partial charge >= 0.3 is 5.97 Å². The largest absolute Gasteiger partial charge is 0.480 e. The predicted molar refractivity (Wildman–Crippen MR) is 57.2 cm³/mol. The van der Waals surface area contributed by atoms with Gasteiger partial charge in [0.2, 0.25) is 0 Å². The molecule has 15 heavy (non-hydrogen) atoms. The molecule has 2 rings (SSSR count). The second-order valence-corrected chi connectivity index (χ2v) is 3.37. The zero-order valence-electron chi connectivity index (χ0n) is 7.97. The minimum atomic E-state index is -1.01. The highest BCUT2D eigenvalue weighted by Gasteiger charge is 2.18. The zero-order chi connectivity index (χ0) is 10.8. The van der Waals surface area contributed by atoms with E-state index in [2.05, 4.69) is 10.9 Å². The molecule has 0 amide bonds. The summed E-state index contributed by atoms with van der Waals surface area (Å²) in [6, 6.07) is 6.62. The van der Waals surface area contributed by atoms with E-state index in [4.69, 9.17) is 10.8 Å². The Balaban J connectivity index is 2.21.